The minimum Gasteiger partial charge on any atom is -0.457 e. The maximum Gasteiger partial charge on any atom is 0.328 e. The van der Waals surface area contributed by atoms with Crippen LogP contribution in [-0.4, -0.2) is 25.9 Å². The third-order valence-electron chi connectivity index (χ3n) is 3.39. The monoisotopic (exact) mass is 324 g/mol. The lowest BCUT2D eigenvalue weighted by atomic mass is 10.3. The standard InChI is InChI=1S/C16H12N4O2S/c21-16(9-20-13-7-3-1-5-11(13)18-19-20)22-10-15-17-12-6-2-4-8-14(12)23-15/h1-8H,9-10H2. The molecule has 0 spiro atoms. The van der Waals surface area contributed by atoms with E-state index in [4.69, 9.17) is 4.74 Å². The van der Waals surface area contributed by atoms with Crippen molar-refractivity contribution in [1.82, 2.24) is 20.0 Å². The molecule has 0 bridgehead atoms. The molecule has 2 heterocycles. The molecule has 23 heavy (non-hydrogen) atoms. The van der Waals surface area contributed by atoms with Crippen LogP contribution in [0.2, 0.25) is 0 Å². The smallest absolute Gasteiger partial charge is 0.328 e. The highest BCUT2D eigenvalue weighted by Crippen LogP contribution is 2.22. The Morgan fingerprint density at radius 2 is 1.87 bits per heavy atom. The summed E-state index contributed by atoms with van der Waals surface area (Å²) in [7, 11) is 0. The SMILES string of the molecule is O=C(Cn1nnc2ccccc21)OCc1nc2ccccc2s1. The van der Waals surface area contributed by atoms with Gasteiger partial charge in [0.2, 0.25) is 0 Å². The van der Waals surface area contributed by atoms with Gasteiger partial charge >= 0.3 is 5.97 Å². The Morgan fingerprint density at radius 3 is 2.74 bits per heavy atom. The molecule has 4 aromatic rings. The molecule has 0 amide bonds. The molecule has 0 N–H and O–H groups in total. The number of fused-ring (bicyclic) bond motifs is 2. The number of benzene rings is 2. The number of esters is 1. The lowest BCUT2D eigenvalue weighted by Crippen LogP contribution is -2.14. The van der Waals surface area contributed by atoms with Crippen molar-refractivity contribution in [2.75, 3.05) is 0 Å². The van der Waals surface area contributed by atoms with Crippen LogP contribution in [-0.2, 0) is 22.7 Å². The van der Waals surface area contributed by atoms with Crippen LogP contribution in [0.15, 0.2) is 48.5 Å². The highest BCUT2D eigenvalue weighted by molar-refractivity contribution is 7.18. The van der Waals surface area contributed by atoms with Gasteiger partial charge in [-0.3, -0.25) is 4.79 Å². The molecule has 0 saturated heterocycles. The Bertz CT molecular complexity index is 959. The third-order valence-corrected chi connectivity index (χ3v) is 4.40. The summed E-state index contributed by atoms with van der Waals surface area (Å²) in [6.45, 7) is 0.205. The molecule has 7 heteroatoms. The first-order valence-corrected chi connectivity index (χ1v) is 7.89. The predicted octanol–water partition coefficient (Wildman–Crippen LogP) is 2.78. The largest absolute Gasteiger partial charge is 0.457 e. The number of hydrogen-bond acceptors (Lipinski definition) is 6. The molecule has 114 valence electrons. The van der Waals surface area contributed by atoms with Crippen molar-refractivity contribution >= 4 is 38.6 Å². The molecule has 0 unspecified atom stereocenters. The number of aromatic nitrogens is 4. The van der Waals surface area contributed by atoms with Crippen LogP contribution >= 0.6 is 11.3 Å². The average Bonchev–Trinajstić information content (AvgIpc) is 3.17. The zero-order chi connectivity index (χ0) is 15.6. The first-order valence-electron chi connectivity index (χ1n) is 7.08. The fourth-order valence-corrected chi connectivity index (χ4v) is 3.21. The van der Waals surface area contributed by atoms with Gasteiger partial charge in [-0.05, 0) is 24.3 Å². The van der Waals surface area contributed by atoms with E-state index in [2.05, 4.69) is 15.3 Å². The van der Waals surface area contributed by atoms with Crippen LogP contribution in [0.5, 0.6) is 0 Å². The van der Waals surface area contributed by atoms with Gasteiger partial charge in [0.25, 0.3) is 0 Å². The average molecular weight is 324 g/mol. The Labute approximate surface area is 135 Å². The van der Waals surface area contributed by atoms with E-state index < -0.39 is 0 Å². The Morgan fingerprint density at radius 1 is 1.09 bits per heavy atom. The van der Waals surface area contributed by atoms with Gasteiger partial charge in [-0.1, -0.05) is 29.5 Å². The highest BCUT2D eigenvalue weighted by Gasteiger charge is 2.11. The number of hydrogen-bond donors (Lipinski definition) is 0. The Hall–Kier alpha value is -2.80. The lowest BCUT2D eigenvalue weighted by Gasteiger charge is -2.03. The van der Waals surface area contributed by atoms with Crippen LogP contribution in [0.1, 0.15) is 5.01 Å². The van der Waals surface area contributed by atoms with Gasteiger partial charge in [0.05, 0.1) is 15.7 Å². The topological polar surface area (TPSA) is 69.9 Å². The molecule has 0 radical (unpaired) electrons. The molecule has 0 aliphatic heterocycles. The number of rotatable bonds is 4. The zero-order valence-electron chi connectivity index (χ0n) is 12.0. The van der Waals surface area contributed by atoms with Crippen molar-refractivity contribution in [2.24, 2.45) is 0 Å². The molecular formula is C16H12N4O2S. The van der Waals surface area contributed by atoms with E-state index >= 15 is 0 Å². The molecule has 2 aromatic heterocycles. The van der Waals surface area contributed by atoms with E-state index in [0.717, 1.165) is 26.3 Å². The summed E-state index contributed by atoms with van der Waals surface area (Å²) >= 11 is 1.53. The number of carbonyl (C=O) groups is 1. The molecule has 0 atom stereocenters. The summed E-state index contributed by atoms with van der Waals surface area (Å²) in [4.78, 5) is 16.4. The zero-order valence-corrected chi connectivity index (χ0v) is 12.9. The van der Waals surface area contributed by atoms with E-state index in [9.17, 15) is 4.79 Å². The highest BCUT2D eigenvalue weighted by atomic mass is 32.1. The molecule has 4 rings (SSSR count). The van der Waals surface area contributed by atoms with E-state index in [-0.39, 0.29) is 19.1 Å². The Kier molecular flexibility index (Phi) is 3.47. The fourth-order valence-electron chi connectivity index (χ4n) is 2.33. The number of ether oxygens (including phenoxy) is 1. The summed E-state index contributed by atoms with van der Waals surface area (Å²) in [5.41, 5.74) is 2.49. The number of nitrogens with zero attached hydrogens (tertiary/aromatic N) is 4. The van der Waals surface area contributed by atoms with Crippen LogP contribution in [0.4, 0.5) is 0 Å². The molecule has 0 fully saturated rings. The van der Waals surface area contributed by atoms with Crippen molar-refractivity contribution in [3.05, 3.63) is 53.5 Å². The van der Waals surface area contributed by atoms with Crippen molar-refractivity contribution in [1.29, 1.82) is 0 Å². The third kappa shape index (κ3) is 2.78. The van der Waals surface area contributed by atoms with Gasteiger partial charge < -0.3 is 4.74 Å². The van der Waals surface area contributed by atoms with Crippen molar-refractivity contribution < 1.29 is 9.53 Å². The first kappa shape index (κ1) is 13.8. The van der Waals surface area contributed by atoms with Crippen molar-refractivity contribution in [3.63, 3.8) is 0 Å². The minimum absolute atomic E-state index is 0.0331. The quantitative estimate of drug-likeness (QED) is 0.540. The van der Waals surface area contributed by atoms with Gasteiger partial charge in [0.1, 0.15) is 23.7 Å². The molecule has 0 saturated carbocycles. The maximum atomic E-state index is 12.0. The fraction of sp³-hybridized carbons (Fsp3) is 0.125. The maximum absolute atomic E-state index is 12.0. The van der Waals surface area contributed by atoms with Crippen LogP contribution in [0.25, 0.3) is 21.3 Å². The van der Waals surface area contributed by atoms with Crippen molar-refractivity contribution in [2.45, 2.75) is 13.2 Å². The summed E-state index contributed by atoms with van der Waals surface area (Å²) in [6, 6.07) is 15.3. The molecule has 2 aromatic carbocycles. The number of carbonyl (C=O) groups excluding carboxylic acids is 1. The second-order valence-corrected chi connectivity index (χ2v) is 6.09. The predicted molar refractivity (Wildman–Crippen MR) is 86.9 cm³/mol. The minimum atomic E-state index is -0.361. The summed E-state index contributed by atoms with van der Waals surface area (Å²) in [5.74, 6) is -0.361. The number of para-hydroxylation sites is 2. The van der Waals surface area contributed by atoms with Crippen molar-refractivity contribution in [3.8, 4) is 0 Å². The van der Waals surface area contributed by atoms with E-state index in [1.54, 1.807) is 0 Å². The lowest BCUT2D eigenvalue weighted by molar-refractivity contribution is -0.145. The summed E-state index contributed by atoms with van der Waals surface area (Å²) in [5, 5.41) is 8.77. The van der Waals surface area contributed by atoms with Gasteiger partial charge in [0, 0.05) is 0 Å². The first-order chi connectivity index (χ1) is 11.3. The van der Waals surface area contributed by atoms with Gasteiger partial charge in [-0.2, -0.15) is 0 Å². The second kappa shape index (κ2) is 5.77. The van der Waals surface area contributed by atoms with E-state index in [1.807, 2.05) is 48.5 Å². The summed E-state index contributed by atoms with van der Waals surface area (Å²) < 4.78 is 7.92. The van der Waals surface area contributed by atoms with Crippen LogP contribution < -0.4 is 0 Å². The molecule has 0 aliphatic carbocycles. The van der Waals surface area contributed by atoms with Crippen LogP contribution in [0.3, 0.4) is 0 Å². The van der Waals surface area contributed by atoms with Crippen LogP contribution in [0, 0.1) is 0 Å². The van der Waals surface area contributed by atoms with E-state index in [1.165, 1.54) is 16.0 Å². The Balaban J connectivity index is 1.43. The van der Waals surface area contributed by atoms with Gasteiger partial charge in [-0.15, -0.1) is 16.4 Å². The van der Waals surface area contributed by atoms with Gasteiger partial charge in [-0.25, -0.2) is 9.67 Å². The number of thiazole rings is 1. The van der Waals surface area contributed by atoms with E-state index in [0.29, 0.717) is 0 Å². The van der Waals surface area contributed by atoms with Gasteiger partial charge in [0.15, 0.2) is 0 Å². The molecular weight excluding hydrogens is 312 g/mol. The normalized spacial score (nSPS) is 11.1. The molecule has 6 nitrogen and oxygen atoms in total. The summed E-state index contributed by atoms with van der Waals surface area (Å²) in [6.07, 6.45) is 0. The molecule has 0 aliphatic rings. The second-order valence-electron chi connectivity index (χ2n) is 4.97.